The predicted molar refractivity (Wildman–Crippen MR) is 404 cm³/mol. The molecule has 13 aromatic carbocycles. The lowest BCUT2D eigenvalue weighted by Crippen LogP contribution is -2.52. The largest absolute Gasteiger partial charge is 0.457 e. The summed E-state index contributed by atoms with van der Waals surface area (Å²) >= 11 is 0. The fraction of sp³-hybridized carbons (Fsp3) is 0.0870. The molecule has 19 rings (SSSR count). The Bertz CT molecular complexity index is 5350. The van der Waals surface area contributed by atoms with E-state index in [4.69, 9.17) is 10.5 Å². The minimum atomic E-state index is -1.06. The van der Waals surface area contributed by atoms with Crippen LogP contribution in [0.4, 0.5) is 51.2 Å². The first kappa shape index (κ1) is 57.3. The molecule has 0 bridgehead atoms. The molecule has 6 nitrogen and oxygen atoms in total. The number of anilines is 9. The molecule has 6 heteroatoms. The summed E-state index contributed by atoms with van der Waals surface area (Å²) in [5.74, 6) is 2.17. The lowest BCUT2D eigenvalue weighted by molar-refractivity contribution is 0.409. The van der Waals surface area contributed by atoms with Gasteiger partial charge in [0.25, 0.3) is 0 Å². The van der Waals surface area contributed by atoms with Crippen LogP contribution < -0.4 is 30.1 Å². The van der Waals surface area contributed by atoms with Crippen molar-refractivity contribution in [3.05, 3.63) is 384 Å². The Kier molecular flexibility index (Phi) is 12.7. The lowest BCUT2D eigenvalue weighted by Gasteiger charge is -2.53. The van der Waals surface area contributed by atoms with Gasteiger partial charge >= 0.3 is 0 Å². The van der Waals surface area contributed by atoms with E-state index >= 15 is 0 Å². The Hall–Kier alpha value is -12.1. The van der Waals surface area contributed by atoms with Gasteiger partial charge in [-0.2, -0.15) is 0 Å². The van der Waals surface area contributed by atoms with E-state index in [-0.39, 0.29) is 5.41 Å². The van der Waals surface area contributed by atoms with Gasteiger partial charge < -0.3 is 25.2 Å². The minimum absolute atomic E-state index is 0.0487. The molecule has 2 atom stereocenters. The Morgan fingerprint density at radius 2 is 0.857 bits per heavy atom. The van der Waals surface area contributed by atoms with Gasteiger partial charge in [0, 0.05) is 27.9 Å². The summed E-state index contributed by atoms with van der Waals surface area (Å²) in [4.78, 5) is 10.3. The van der Waals surface area contributed by atoms with Gasteiger partial charge in [0.05, 0.1) is 56.3 Å². The summed E-state index contributed by atoms with van der Waals surface area (Å²) in [5, 5.41) is 0. The molecule has 2 spiro atoms. The number of fused-ring (bicyclic) bond motifs is 12. The molecule has 0 aromatic heterocycles. The molecule has 6 aliphatic heterocycles. The third-order valence-electron chi connectivity index (χ3n) is 21.5. The van der Waals surface area contributed by atoms with Gasteiger partial charge in [0.1, 0.15) is 23.5 Å². The fourth-order valence-electron chi connectivity index (χ4n) is 17.3. The average molecular weight is 1260 g/mol. The van der Waals surface area contributed by atoms with E-state index in [1.165, 1.54) is 5.56 Å². The maximum absolute atomic E-state index is 8.27. The molecular weight excluding hydrogens is 1190 g/mol. The Morgan fingerprint density at radius 1 is 0.378 bits per heavy atom. The zero-order chi connectivity index (χ0) is 65.6. The highest BCUT2D eigenvalue weighted by molar-refractivity contribution is 6.05. The molecule has 468 valence electrons. The van der Waals surface area contributed by atoms with Crippen LogP contribution in [0.2, 0.25) is 0 Å². The van der Waals surface area contributed by atoms with Crippen molar-refractivity contribution in [2.24, 2.45) is 5.73 Å². The third-order valence-corrected chi connectivity index (χ3v) is 21.5. The van der Waals surface area contributed by atoms with Gasteiger partial charge in [-0.05, 0) is 157 Å². The van der Waals surface area contributed by atoms with E-state index in [1.54, 1.807) is 0 Å². The zero-order valence-electron chi connectivity index (χ0n) is 55.0. The van der Waals surface area contributed by atoms with E-state index < -0.39 is 17.0 Å². The van der Waals surface area contributed by atoms with Crippen LogP contribution in [-0.4, -0.2) is 6.17 Å². The number of rotatable bonds is 7. The number of nitrogens with two attached hydrogens (primary N) is 1. The van der Waals surface area contributed by atoms with Crippen molar-refractivity contribution in [2.45, 2.75) is 50.1 Å². The van der Waals surface area contributed by atoms with E-state index in [0.717, 1.165) is 157 Å². The standard InChI is InChI=1S/C92H69N5O/c1-59-56-84(93)96-76-39-21-20-38-72(76)92(73-50-46-65(60-26-10-5-11-27-60)57-80(73)94(68-34-18-9-19-35-68)81-58-66(47-51-74(81)92)61-28-12-6-13-29-61)75-52-53-83-86(88(75)96)91(55-54-69(59)64-44-48-67(49-45-64)90(2,3)4)85-79(42-25-43-82(85)98-83)95-77-40-22-23-41-78(77)97(89(91)95)87-70(62-30-14-7-15-31-62)36-24-37-71(87)63-32-16-8-17-33-63/h5-58,89H,93H2,1-4H3/b55-54+,69-59-,84-56+. The molecule has 6 aliphatic rings. The van der Waals surface area contributed by atoms with E-state index in [2.05, 4.69) is 375 Å². The molecule has 0 fully saturated rings. The van der Waals surface area contributed by atoms with Crippen LogP contribution in [0.15, 0.2) is 339 Å². The predicted octanol–water partition coefficient (Wildman–Crippen LogP) is 23.1. The number of ether oxygens (including phenoxy) is 1. The molecule has 0 saturated heterocycles. The Labute approximate surface area is 573 Å². The molecule has 6 heterocycles. The molecule has 0 aliphatic carbocycles. The number of hydrogen-bond acceptors (Lipinski definition) is 6. The van der Waals surface area contributed by atoms with E-state index in [1.807, 2.05) is 0 Å². The van der Waals surface area contributed by atoms with E-state index in [0.29, 0.717) is 5.82 Å². The number of hydrogen-bond donors (Lipinski definition) is 1. The maximum atomic E-state index is 8.27. The SMILES string of the molecule is CC1=C(c2ccc(C(C)(C)C)cc2)\C=C\C23c4c(cccc4N4c5ccccc5N(c5c(-c6ccccc6)cccc5-c5ccccc5)C42)Oc2ccc4c(c23)N(\C(N)=C\1)c1ccccc1C41c2ccc(-c3ccccc3)cc2N(c2ccccc2)c2cc(-c3ccccc3)ccc21. The number of para-hydroxylation sites is 5. The summed E-state index contributed by atoms with van der Waals surface area (Å²) in [6.07, 6.45) is 6.76. The second-order valence-electron chi connectivity index (χ2n) is 27.8. The highest BCUT2D eigenvalue weighted by Gasteiger charge is 2.65. The first-order chi connectivity index (χ1) is 48.1. The fourth-order valence-corrected chi connectivity index (χ4v) is 17.3. The molecule has 13 aromatic rings. The minimum Gasteiger partial charge on any atom is -0.457 e. The van der Waals surface area contributed by atoms with Gasteiger partial charge in [0.15, 0.2) is 0 Å². The van der Waals surface area contributed by atoms with Crippen LogP contribution in [0.5, 0.6) is 11.5 Å². The molecule has 98 heavy (non-hydrogen) atoms. The second kappa shape index (κ2) is 21.7. The first-order valence-corrected chi connectivity index (χ1v) is 34.1. The number of benzene rings is 13. The summed E-state index contributed by atoms with van der Waals surface area (Å²) in [5.41, 5.74) is 35.9. The highest BCUT2D eigenvalue weighted by atomic mass is 16.5. The third kappa shape index (κ3) is 8.21. The zero-order valence-corrected chi connectivity index (χ0v) is 55.0. The van der Waals surface area contributed by atoms with Crippen LogP contribution in [0.3, 0.4) is 0 Å². The van der Waals surface area contributed by atoms with Crippen LogP contribution in [0.1, 0.15) is 72.2 Å². The normalized spacial score (nSPS) is 18.6. The summed E-state index contributed by atoms with van der Waals surface area (Å²) < 4.78 is 7.76. The monoisotopic (exact) mass is 1260 g/mol. The summed E-state index contributed by atoms with van der Waals surface area (Å²) in [7, 11) is 0. The number of nitrogens with zero attached hydrogens (tertiary/aromatic N) is 4. The molecule has 0 amide bonds. The van der Waals surface area contributed by atoms with Gasteiger partial charge in [-0.25, -0.2) is 0 Å². The van der Waals surface area contributed by atoms with Crippen LogP contribution in [0.25, 0.3) is 50.1 Å². The van der Waals surface area contributed by atoms with Gasteiger partial charge in [-0.1, -0.05) is 282 Å². The van der Waals surface area contributed by atoms with Gasteiger partial charge in [0.2, 0.25) is 0 Å². The van der Waals surface area contributed by atoms with Crippen molar-refractivity contribution < 1.29 is 4.74 Å². The maximum Gasteiger partial charge on any atom is 0.134 e. The molecule has 2 unspecified atom stereocenters. The molecule has 0 saturated carbocycles. The topological polar surface area (TPSA) is 48.2 Å². The van der Waals surface area contributed by atoms with Crippen molar-refractivity contribution in [1.29, 1.82) is 0 Å². The second-order valence-corrected chi connectivity index (χ2v) is 27.8. The lowest BCUT2D eigenvalue weighted by atomic mass is 9.58. The van der Waals surface area contributed by atoms with Gasteiger partial charge in [-0.15, -0.1) is 0 Å². The van der Waals surface area contributed by atoms with Crippen LogP contribution in [0, 0.1) is 0 Å². The van der Waals surface area contributed by atoms with E-state index in [9.17, 15) is 0 Å². The summed E-state index contributed by atoms with van der Waals surface area (Å²) in [6, 6.07) is 115. The van der Waals surface area contributed by atoms with Crippen molar-refractivity contribution in [3.63, 3.8) is 0 Å². The quantitative estimate of drug-likeness (QED) is 0.172. The van der Waals surface area contributed by atoms with Crippen molar-refractivity contribution >= 4 is 56.8 Å². The van der Waals surface area contributed by atoms with Crippen LogP contribution >= 0.6 is 0 Å². The van der Waals surface area contributed by atoms with Gasteiger partial charge in [-0.3, -0.25) is 4.90 Å². The van der Waals surface area contributed by atoms with Crippen LogP contribution in [-0.2, 0) is 16.2 Å². The van der Waals surface area contributed by atoms with Crippen molar-refractivity contribution in [3.8, 4) is 56.0 Å². The Morgan fingerprint density at radius 3 is 1.45 bits per heavy atom. The molecule has 0 radical (unpaired) electrons. The van der Waals surface area contributed by atoms with Crippen molar-refractivity contribution in [1.82, 2.24) is 0 Å². The first-order valence-electron chi connectivity index (χ1n) is 34.1. The Balaban J connectivity index is 0.989. The average Bonchev–Trinajstić information content (AvgIpc) is 1.28. The molecule has 2 N–H and O–H groups in total. The summed E-state index contributed by atoms with van der Waals surface area (Å²) in [6.45, 7) is 9.09. The number of allylic oxidation sites excluding steroid dienone is 4. The highest BCUT2D eigenvalue weighted by Crippen LogP contribution is 2.73. The smallest absolute Gasteiger partial charge is 0.134 e. The molecular formula is C92H69N5O. The van der Waals surface area contributed by atoms with Crippen molar-refractivity contribution in [2.75, 3.05) is 19.6 Å².